The van der Waals surface area contributed by atoms with Crippen LogP contribution in [-0.4, -0.2) is 23.6 Å². The summed E-state index contributed by atoms with van der Waals surface area (Å²) in [5, 5.41) is 1.19. The molecule has 2 aromatic rings. The Kier molecular flexibility index (Phi) is 6.33. The number of benzene rings is 1. The summed E-state index contributed by atoms with van der Waals surface area (Å²) < 4.78 is 14.3. The molecule has 1 heterocycles. The normalized spacial score (nSPS) is 13.6. The number of aromatic nitrogens is 1. The zero-order valence-electron chi connectivity index (χ0n) is 14.5. The summed E-state index contributed by atoms with van der Waals surface area (Å²) >= 11 is 5.84. The molecule has 25 heavy (non-hydrogen) atoms. The monoisotopic (exact) mass is 382 g/mol. The van der Waals surface area contributed by atoms with Gasteiger partial charge in [0.1, 0.15) is 5.15 Å². The van der Waals surface area contributed by atoms with Gasteiger partial charge in [0.25, 0.3) is 0 Å². The first-order valence-corrected chi connectivity index (χ1v) is 9.24. The molecule has 2 unspecified atom stereocenters. The van der Waals surface area contributed by atoms with Crippen molar-refractivity contribution in [3.8, 4) is 5.75 Å². The first-order chi connectivity index (χ1) is 11.6. The average Bonchev–Trinajstić information content (AvgIpc) is 2.51. The van der Waals surface area contributed by atoms with E-state index >= 15 is 0 Å². The fourth-order valence-electron chi connectivity index (χ4n) is 1.85. The van der Waals surface area contributed by atoms with Crippen LogP contribution in [0, 0.1) is 5.41 Å². The Balaban J connectivity index is 2.02. The van der Waals surface area contributed by atoms with Gasteiger partial charge in [-0.05, 0) is 42.7 Å². The number of hydrogen-bond acceptors (Lipinski definition) is 6. The number of carbonyl (C=O) groups excluding carboxylic acids is 1. The largest absolute Gasteiger partial charge is 0.575 e. The second kappa shape index (κ2) is 8.09. The third kappa shape index (κ3) is 6.24. The van der Waals surface area contributed by atoms with Crippen LogP contribution in [0.2, 0.25) is 5.15 Å². The molecule has 0 N–H and O–H groups in total. The minimum absolute atomic E-state index is 0.143. The molecule has 1 aromatic carbocycles. The fraction of sp³-hybridized carbons (Fsp3) is 0.412. The lowest BCUT2D eigenvalue weighted by atomic mass is 9.99. The van der Waals surface area contributed by atoms with Crippen LogP contribution < -0.4 is 9.42 Å². The van der Waals surface area contributed by atoms with Crippen molar-refractivity contribution in [2.24, 2.45) is 10.2 Å². The number of nitrogens with zero attached hydrogens (tertiary/aromatic N) is 2. The van der Waals surface area contributed by atoms with Crippen molar-refractivity contribution in [2.45, 2.75) is 33.7 Å². The van der Waals surface area contributed by atoms with E-state index in [-0.39, 0.29) is 12.0 Å². The molecule has 0 aliphatic carbocycles. The van der Waals surface area contributed by atoms with Crippen LogP contribution in [0.25, 0.3) is 10.9 Å². The van der Waals surface area contributed by atoms with Crippen molar-refractivity contribution in [1.29, 1.82) is 0 Å². The highest BCUT2D eigenvalue weighted by Gasteiger charge is 2.21. The minimum Gasteiger partial charge on any atom is -0.575 e. The van der Waals surface area contributed by atoms with Crippen LogP contribution >= 0.6 is 19.8 Å². The van der Waals surface area contributed by atoms with E-state index in [2.05, 4.69) is 9.73 Å². The van der Waals surface area contributed by atoms with Gasteiger partial charge in [0.05, 0.1) is 12.1 Å². The van der Waals surface area contributed by atoms with E-state index in [1.807, 2.05) is 20.8 Å². The van der Waals surface area contributed by atoms with Crippen LogP contribution in [0.3, 0.4) is 0 Å². The summed E-state index contributed by atoms with van der Waals surface area (Å²) in [4.78, 5) is 28.1. The average molecular weight is 383 g/mol. The molecule has 0 aliphatic heterocycles. The molecule has 0 saturated carbocycles. The summed E-state index contributed by atoms with van der Waals surface area (Å²) in [6.07, 6.45) is 0. The van der Waals surface area contributed by atoms with Crippen molar-refractivity contribution in [3.63, 3.8) is 0 Å². The molecule has 1 aromatic heterocycles. The smallest absolute Gasteiger partial charge is 0.395 e. The Bertz CT molecular complexity index is 805. The number of pyridine rings is 1. The standard InChI is InChI=1S/C17H20ClN2O4P/c1-11(16(21)23-10-17(2,3)4)20-25(22)24-13-6-7-14-12(9-13)5-8-15(18)19-14/h5-9,11H,10H2,1-4H3. The quantitative estimate of drug-likeness (QED) is 0.441. The first-order valence-electron chi connectivity index (χ1n) is 7.73. The minimum atomic E-state index is -2.40. The van der Waals surface area contributed by atoms with Crippen LogP contribution in [0.5, 0.6) is 5.75 Å². The number of ether oxygens (including phenoxy) is 1. The maximum Gasteiger partial charge on any atom is 0.395 e. The van der Waals surface area contributed by atoms with Crippen molar-refractivity contribution < 1.29 is 18.9 Å². The van der Waals surface area contributed by atoms with Crippen molar-refractivity contribution >= 4 is 36.6 Å². The topological polar surface area (TPSA) is 83.8 Å². The van der Waals surface area contributed by atoms with Crippen molar-refractivity contribution in [2.75, 3.05) is 6.61 Å². The molecule has 0 fully saturated rings. The summed E-state index contributed by atoms with van der Waals surface area (Å²) in [7, 11) is -2.40. The van der Waals surface area contributed by atoms with Crippen LogP contribution in [-0.2, 0) is 9.53 Å². The molecule has 6 nitrogen and oxygen atoms in total. The number of carbonyl (C=O) groups is 1. The number of rotatable bonds is 5. The zero-order valence-corrected chi connectivity index (χ0v) is 16.2. The lowest BCUT2D eigenvalue weighted by Crippen LogP contribution is -2.24. The molecule has 134 valence electrons. The highest BCUT2D eigenvalue weighted by Crippen LogP contribution is 2.28. The molecule has 0 bridgehead atoms. The van der Waals surface area contributed by atoms with Gasteiger partial charge in [0.2, 0.25) is 0 Å². The third-order valence-electron chi connectivity index (χ3n) is 3.07. The van der Waals surface area contributed by atoms with Gasteiger partial charge in [-0.3, -0.25) is 4.52 Å². The predicted octanol–water partition coefficient (Wildman–Crippen LogP) is 4.10. The van der Waals surface area contributed by atoms with E-state index in [9.17, 15) is 9.69 Å². The Morgan fingerprint density at radius 1 is 1.36 bits per heavy atom. The zero-order chi connectivity index (χ0) is 18.6. The number of halogens is 1. The van der Waals surface area contributed by atoms with Gasteiger partial charge >= 0.3 is 14.1 Å². The Morgan fingerprint density at radius 2 is 2.08 bits per heavy atom. The maximum atomic E-state index is 12.0. The Hall–Kier alpha value is -1.75. The van der Waals surface area contributed by atoms with E-state index in [1.165, 1.54) is 6.92 Å². The van der Waals surface area contributed by atoms with Crippen LogP contribution in [0.1, 0.15) is 27.7 Å². The highest BCUT2D eigenvalue weighted by molar-refractivity contribution is 7.34. The van der Waals surface area contributed by atoms with Gasteiger partial charge in [0, 0.05) is 5.39 Å². The van der Waals surface area contributed by atoms with Gasteiger partial charge in [-0.2, -0.15) is 0 Å². The van der Waals surface area contributed by atoms with E-state index in [0.29, 0.717) is 16.4 Å². The third-order valence-corrected chi connectivity index (χ3v) is 4.18. The maximum absolute atomic E-state index is 12.0. The fourth-order valence-corrected chi connectivity index (χ4v) is 2.72. The van der Waals surface area contributed by atoms with Gasteiger partial charge in [-0.25, -0.2) is 9.78 Å². The lowest BCUT2D eigenvalue weighted by molar-refractivity contribution is -0.169. The Morgan fingerprint density at radius 3 is 2.76 bits per heavy atom. The van der Waals surface area contributed by atoms with Gasteiger partial charge in [0.15, 0.2) is 11.8 Å². The molecular formula is C17H20ClN2O4P. The van der Waals surface area contributed by atoms with Crippen LogP contribution in [0.15, 0.2) is 35.1 Å². The molecule has 0 aliphatic rings. The van der Waals surface area contributed by atoms with Crippen LogP contribution in [0.4, 0.5) is 0 Å². The summed E-state index contributed by atoms with van der Waals surface area (Å²) in [6.45, 7) is 7.64. The number of hydrogen-bond donors (Lipinski definition) is 0. The van der Waals surface area contributed by atoms with Gasteiger partial charge < -0.3 is 9.63 Å². The second-order valence-electron chi connectivity index (χ2n) is 6.78. The molecule has 2 rings (SSSR count). The molecule has 2 atom stereocenters. The highest BCUT2D eigenvalue weighted by atomic mass is 35.5. The SMILES string of the molecule is CC(/N=[P+](\[O-])Oc1ccc2nc(Cl)ccc2c1)C(=O)OCC(C)(C)C. The van der Waals surface area contributed by atoms with E-state index in [1.54, 1.807) is 30.3 Å². The number of esters is 1. The molecular weight excluding hydrogens is 363 g/mol. The molecule has 0 amide bonds. The lowest BCUT2D eigenvalue weighted by Gasteiger charge is -2.18. The molecule has 0 radical (unpaired) electrons. The number of fused-ring (bicyclic) bond motifs is 1. The summed E-state index contributed by atoms with van der Waals surface area (Å²) in [5.41, 5.74) is 0.557. The molecule has 0 spiro atoms. The first kappa shape index (κ1) is 19.6. The van der Waals surface area contributed by atoms with E-state index in [0.717, 1.165) is 5.39 Å². The van der Waals surface area contributed by atoms with Crippen molar-refractivity contribution in [3.05, 3.63) is 35.5 Å². The van der Waals surface area contributed by atoms with E-state index in [4.69, 9.17) is 20.9 Å². The molecule has 8 heteroatoms. The van der Waals surface area contributed by atoms with E-state index < -0.39 is 20.2 Å². The predicted molar refractivity (Wildman–Crippen MR) is 96.6 cm³/mol. The summed E-state index contributed by atoms with van der Waals surface area (Å²) in [6, 6.07) is 7.59. The van der Waals surface area contributed by atoms with Gasteiger partial charge in [-0.15, -0.1) is 0 Å². The van der Waals surface area contributed by atoms with Crippen molar-refractivity contribution in [1.82, 2.24) is 4.98 Å². The summed E-state index contributed by atoms with van der Waals surface area (Å²) in [5.74, 6) is -0.157. The van der Waals surface area contributed by atoms with Gasteiger partial charge in [-0.1, -0.05) is 37.1 Å². The molecule has 0 saturated heterocycles. The second-order valence-corrected chi connectivity index (χ2v) is 8.05. The Labute approximate surface area is 152 Å².